The first-order valence-corrected chi connectivity index (χ1v) is 11.1. The smallest absolute Gasteiger partial charge is 0.253 e. The molecule has 2 aliphatic rings. The van der Waals surface area contributed by atoms with Crippen molar-refractivity contribution in [3.05, 3.63) is 59.2 Å². The number of hydrogen-bond donors (Lipinski definition) is 0. The maximum atomic E-state index is 13.1. The molecular weight excluding hydrogens is 374 g/mol. The summed E-state index contributed by atoms with van der Waals surface area (Å²) < 4.78 is 5.33. The molecular formula is C25H33N3O2. The number of piperazine rings is 1. The molecule has 5 nitrogen and oxygen atoms in total. The van der Waals surface area contributed by atoms with Gasteiger partial charge in [0.25, 0.3) is 5.91 Å². The molecule has 1 atom stereocenters. The lowest BCUT2D eigenvalue weighted by molar-refractivity contribution is 0.0563. The molecule has 0 aliphatic carbocycles. The minimum absolute atomic E-state index is 0.143. The number of para-hydroxylation sites is 1. The van der Waals surface area contributed by atoms with E-state index in [4.69, 9.17) is 4.74 Å². The van der Waals surface area contributed by atoms with Crippen molar-refractivity contribution < 1.29 is 9.53 Å². The van der Waals surface area contributed by atoms with Gasteiger partial charge in [-0.15, -0.1) is 0 Å². The Balaban J connectivity index is 1.37. The maximum Gasteiger partial charge on any atom is 0.253 e. The van der Waals surface area contributed by atoms with E-state index in [2.05, 4.69) is 41.0 Å². The molecule has 1 amide bonds. The van der Waals surface area contributed by atoms with Crippen LogP contribution in [0.2, 0.25) is 0 Å². The van der Waals surface area contributed by atoms with Crippen LogP contribution in [-0.4, -0.2) is 68.1 Å². The van der Waals surface area contributed by atoms with Crippen molar-refractivity contribution >= 4 is 11.6 Å². The largest absolute Gasteiger partial charge is 0.496 e. The lowest BCUT2D eigenvalue weighted by atomic mass is 10.0. The second-order valence-corrected chi connectivity index (χ2v) is 8.54. The van der Waals surface area contributed by atoms with E-state index in [9.17, 15) is 4.79 Å². The van der Waals surface area contributed by atoms with Gasteiger partial charge in [0, 0.05) is 56.6 Å². The fraction of sp³-hybridized carbons (Fsp3) is 0.480. The fourth-order valence-electron chi connectivity index (χ4n) is 4.88. The number of aryl methyl sites for hydroxylation is 2. The highest BCUT2D eigenvalue weighted by Gasteiger charge is 2.30. The van der Waals surface area contributed by atoms with E-state index in [1.54, 1.807) is 7.11 Å². The summed E-state index contributed by atoms with van der Waals surface area (Å²) in [5, 5.41) is 0. The fourth-order valence-corrected chi connectivity index (χ4v) is 4.88. The Labute approximate surface area is 180 Å². The minimum atomic E-state index is 0.143. The Morgan fingerprint density at radius 2 is 1.73 bits per heavy atom. The molecule has 0 saturated carbocycles. The molecule has 2 saturated heterocycles. The molecule has 2 fully saturated rings. The second kappa shape index (κ2) is 9.09. The van der Waals surface area contributed by atoms with E-state index < -0.39 is 0 Å². The topological polar surface area (TPSA) is 36.0 Å². The van der Waals surface area contributed by atoms with Crippen molar-refractivity contribution in [3.63, 3.8) is 0 Å². The summed E-state index contributed by atoms with van der Waals surface area (Å²) in [5.41, 5.74) is 4.46. The standard InChI is InChI=1S/C25H33N3O2/c1-19-7-4-5-9-23(19)27-15-13-26(14-16-27)22-8-6-12-28(18-22)25(29)21-10-11-24(30-3)20(2)17-21/h4-5,7,9-11,17,22H,6,8,12-16,18H2,1-3H3. The van der Waals surface area contributed by atoms with Crippen molar-refractivity contribution in [1.29, 1.82) is 0 Å². The number of ether oxygens (including phenoxy) is 1. The Kier molecular flexibility index (Phi) is 6.28. The maximum absolute atomic E-state index is 13.1. The number of benzene rings is 2. The van der Waals surface area contributed by atoms with Crippen LogP contribution < -0.4 is 9.64 Å². The van der Waals surface area contributed by atoms with Gasteiger partial charge >= 0.3 is 0 Å². The number of carbonyl (C=O) groups excluding carboxylic acids is 1. The van der Waals surface area contributed by atoms with Gasteiger partial charge in [0.2, 0.25) is 0 Å². The minimum Gasteiger partial charge on any atom is -0.496 e. The molecule has 0 N–H and O–H groups in total. The SMILES string of the molecule is COc1ccc(C(=O)N2CCCC(N3CCN(c4ccccc4C)CC3)C2)cc1C. The highest BCUT2D eigenvalue weighted by Crippen LogP contribution is 2.25. The van der Waals surface area contributed by atoms with Gasteiger partial charge in [-0.1, -0.05) is 18.2 Å². The Bertz CT molecular complexity index is 890. The highest BCUT2D eigenvalue weighted by molar-refractivity contribution is 5.94. The summed E-state index contributed by atoms with van der Waals surface area (Å²) in [6, 6.07) is 14.8. The zero-order valence-corrected chi connectivity index (χ0v) is 18.4. The summed E-state index contributed by atoms with van der Waals surface area (Å²) in [7, 11) is 1.66. The summed E-state index contributed by atoms with van der Waals surface area (Å²) >= 11 is 0. The van der Waals surface area contributed by atoms with Crippen molar-refractivity contribution in [2.75, 3.05) is 51.3 Å². The van der Waals surface area contributed by atoms with Crippen LogP contribution in [0.4, 0.5) is 5.69 Å². The number of nitrogens with zero attached hydrogens (tertiary/aromatic N) is 3. The molecule has 4 rings (SSSR count). The molecule has 2 heterocycles. The molecule has 2 aliphatic heterocycles. The molecule has 30 heavy (non-hydrogen) atoms. The van der Waals surface area contributed by atoms with Crippen LogP contribution in [0, 0.1) is 13.8 Å². The third-order valence-electron chi connectivity index (χ3n) is 6.61. The average Bonchev–Trinajstić information content (AvgIpc) is 2.79. The molecule has 0 aromatic heterocycles. The Morgan fingerprint density at radius 3 is 2.43 bits per heavy atom. The van der Waals surface area contributed by atoms with Gasteiger partial charge in [0.05, 0.1) is 7.11 Å². The van der Waals surface area contributed by atoms with Crippen LogP contribution in [0.1, 0.15) is 34.3 Å². The molecule has 0 bridgehead atoms. The van der Waals surface area contributed by atoms with E-state index >= 15 is 0 Å². The predicted molar refractivity (Wildman–Crippen MR) is 122 cm³/mol. The first-order valence-electron chi connectivity index (χ1n) is 11.1. The second-order valence-electron chi connectivity index (χ2n) is 8.54. The van der Waals surface area contributed by atoms with E-state index in [0.29, 0.717) is 6.04 Å². The summed E-state index contributed by atoms with van der Waals surface area (Å²) in [4.78, 5) is 20.2. The number of carbonyl (C=O) groups is 1. The number of rotatable bonds is 4. The monoisotopic (exact) mass is 407 g/mol. The molecule has 160 valence electrons. The zero-order chi connectivity index (χ0) is 21.1. The molecule has 1 unspecified atom stereocenters. The van der Waals surface area contributed by atoms with Gasteiger partial charge < -0.3 is 14.5 Å². The molecule has 0 spiro atoms. The van der Waals surface area contributed by atoms with E-state index in [1.165, 1.54) is 17.7 Å². The first kappa shape index (κ1) is 20.7. The van der Waals surface area contributed by atoms with Gasteiger partial charge in [-0.3, -0.25) is 9.69 Å². The van der Waals surface area contributed by atoms with Crippen LogP contribution in [0.25, 0.3) is 0 Å². The third-order valence-corrected chi connectivity index (χ3v) is 6.61. The number of hydrogen-bond acceptors (Lipinski definition) is 4. The summed E-state index contributed by atoms with van der Waals surface area (Å²) in [6.45, 7) is 10.1. The number of anilines is 1. The van der Waals surface area contributed by atoms with Crippen LogP contribution in [0.5, 0.6) is 5.75 Å². The number of likely N-dealkylation sites (tertiary alicyclic amines) is 1. The van der Waals surface area contributed by atoms with Gasteiger partial charge in [-0.25, -0.2) is 0 Å². The number of methoxy groups -OCH3 is 1. The van der Waals surface area contributed by atoms with Crippen molar-refractivity contribution in [1.82, 2.24) is 9.80 Å². The van der Waals surface area contributed by atoms with Crippen LogP contribution >= 0.6 is 0 Å². The summed E-state index contributed by atoms with van der Waals surface area (Å²) in [6.07, 6.45) is 2.25. The van der Waals surface area contributed by atoms with Gasteiger partial charge in [-0.2, -0.15) is 0 Å². The highest BCUT2D eigenvalue weighted by atomic mass is 16.5. The van der Waals surface area contributed by atoms with Crippen LogP contribution in [0.15, 0.2) is 42.5 Å². The van der Waals surface area contributed by atoms with E-state index in [1.807, 2.05) is 30.0 Å². The predicted octanol–water partition coefficient (Wildman–Crippen LogP) is 3.74. The van der Waals surface area contributed by atoms with E-state index in [0.717, 1.165) is 62.6 Å². The van der Waals surface area contributed by atoms with Crippen molar-refractivity contribution in [2.45, 2.75) is 32.7 Å². The summed E-state index contributed by atoms with van der Waals surface area (Å²) in [5.74, 6) is 0.971. The van der Waals surface area contributed by atoms with Gasteiger partial charge in [-0.05, 0) is 62.1 Å². The Morgan fingerprint density at radius 1 is 0.967 bits per heavy atom. The van der Waals surface area contributed by atoms with Gasteiger partial charge in [0.15, 0.2) is 0 Å². The lowest BCUT2D eigenvalue weighted by Crippen LogP contribution is -2.56. The number of piperidine rings is 1. The van der Waals surface area contributed by atoms with Gasteiger partial charge in [0.1, 0.15) is 5.75 Å². The molecule has 0 radical (unpaired) electrons. The van der Waals surface area contributed by atoms with Crippen LogP contribution in [-0.2, 0) is 0 Å². The quantitative estimate of drug-likeness (QED) is 0.774. The number of amides is 1. The van der Waals surface area contributed by atoms with Crippen molar-refractivity contribution in [3.8, 4) is 5.75 Å². The van der Waals surface area contributed by atoms with Crippen molar-refractivity contribution in [2.24, 2.45) is 0 Å². The molecule has 2 aromatic carbocycles. The lowest BCUT2D eigenvalue weighted by Gasteiger charge is -2.44. The molecule has 5 heteroatoms. The molecule has 2 aromatic rings. The first-order chi connectivity index (χ1) is 14.6. The normalized spacial score (nSPS) is 20.3. The average molecular weight is 408 g/mol. The zero-order valence-electron chi connectivity index (χ0n) is 18.4. The third kappa shape index (κ3) is 4.31. The van der Waals surface area contributed by atoms with Crippen LogP contribution in [0.3, 0.4) is 0 Å². The van der Waals surface area contributed by atoms with E-state index in [-0.39, 0.29) is 5.91 Å². The Hall–Kier alpha value is -2.53.